The molecule has 0 aliphatic carbocycles. The van der Waals surface area contributed by atoms with E-state index in [9.17, 15) is 9.59 Å². The molecule has 0 radical (unpaired) electrons. The Morgan fingerprint density at radius 1 is 1.28 bits per heavy atom. The van der Waals surface area contributed by atoms with E-state index in [1.165, 1.54) is 0 Å². The van der Waals surface area contributed by atoms with Gasteiger partial charge in [-0.15, -0.1) is 0 Å². The zero-order valence-electron chi connectivity index (χ0n) is 14.0. The van der Waals surface area contributed by atoms with Crippen LogP contribution in [0.1, 0.15) is 32.6 Å². The maximum atomic E-state index is 11.9. The minimum atomic E-state index is -1.03. The molecule has 134 valence electrons. The molecule has 7 nitrogen and oxygen atoms in total. The lowest BCUT2D eigenvalue weighted by atomic mass is 10.0. The minimum absolute atomic E-state index is 0.181. The minimum Gasteiger partial charge on any atom is -0.480 e. The van der Waals surface area contributed by atoms with Crippen molar-refractivity contribution >= 4 is 23.5 Å². The molecule has 0 saturated heterocycles. The summed E-state index contributed by atoms with van der Waals surface area (Å²) >= 11 is 5.84. The van der Waals surface area contributed by atoms with Crippen molar-refractivity contribution in [1.29, 1.82) is 0 Å². The first-order chi connectivity index (χ1) is 11.9. The number of carbonyl (C=O) groups is 2. The fourth-order valence-electron chi connectivity index (χ4n) is 2.23. The Bertz CT molecular complexity index is 728. The van der Waals surface area contributed by atoms with Crippen molar-refractivity contribution in [3.8, 4) is 11.4 Å². The maximum Gasteiger partial charge on any atom is 0.326 e. The molecule has 25 heavy (non-hydrogen) atoms. The number of aliphatic carboxylic acids is 1. The molecular weight excluding hydrogens is 346 g/mol. The molecule has 1 amide bonds. The number of aryl methyl sites for hydroxylation is 1. The second kappa shape index (κ2) is 8.62. The van der Waals surface area contributed by atoms with Crippen LogP contribution < -0.4 is 5.32 Å². The summed E-state index contributed by atoms with van der Waals surface area (Å²) < 4.78 is 5.17. The zero-order valence-corrected chi connectivity index (χ0v) is 14.8. The molecule has 2 N–H and O–H groups in total. The fraction of sp³-hybridized carbons (Fsp3) is 0.412. The fourth-order valence-corrected chi connectivity index (χ4v) is 2.36. The van der Waals surface area contributed by atoms with Crippen molar-refractivity contribution < 1.29 is 19.2 Å². The first-order valence-electron chi connectivity index (χ1n) is 7.97. The third-order valence-electron chi connectivity index (χ3n) is 3.61. The molecule has 0 spiro atoms. The van der Waals surface area contributed by atoms with Gasteiger partial charge in [0.05, 0.1) is 0 Å². The van der Waals surface area contributed by atoms with Gasteiger partial charge in [-0.25, -0.2) is 4.79 Å². The topological polar surface area (TPSA) is 105 Å². The predicted octanol–water partition coefficient (Wildman–Crippen LogP) is 2.94. The average molecular weight is 366 g/mol. The number of hydrogen-bond donors (Lipinski definition) is 2. The smallest absolute Gasteiger partial charge is 0.326 e. The van der Waals surface area contributed by atoms with Crippen LogP contribution >= 0.6 is 11.6 Å². The highest BCUT2D eigenvalue weighted by Crippen LogP contribution is 2.19. The Hall–Kier alpha value is -2.41. The van der Waals surface area contributed by atoms with Crippen molar-refractivity contribution in [3.05, 3.63) is 35.2 Å². The van der Waals surface area contributed by atoms with Crippen molar-refractivity contribution in [2.24, 2.45) is 5.92 Å². The number of carboxylic acids is 1. The lowest BCUT2D eigenvalue weighted by Crippen LogP contribution is -2.44. The Labute approximate surface area is 150 Å². The lowest BCUT2D eigenvalue weighted by molar-refractivity contribution is -0.143. The number of aromatic nitrogens is 2. The summed E-state index contributed by atoms with van der Waals surface area (Å²) in [5.41, 5.74) is 0.790. The molecule has 1 atom stereocenters. The van der Waals surface area contributed by atoms with E-state index >= 15 is 0 Å². The molecular formula is C17H20ClN3O4. The highest BCUT2D eigenvalue weighted by atomic mass is 35.5. The monoisotopic (exact) mass is 365 g/mol. The summed E-state index contributed by atoms with van der Waals surface area (Å²) in [4.78, 5) is 27.2. The zero-order chi connectivity index (χ0) is 18.4. The Kier molecular flexibility index (Phi) is 6.52. The van der Waals surface area contributed by atoms with Gasteiger partial charge in [0, 0.05) is 23.4 Å². The number of carbonyl (C=O) groups excluding carboxylic acids is 1. The van der Waals surface area contributed by atoms with Gasteiger partial charge in [-0.1, -0.05) is 30.6 Å². The number of carboxylic acid groups (broad SMARTS) is 1. The maximum absolute atomic E-state index is 11.9. The van der Waals surface area contributed by atoms with Gasteiger partial charge in [0.1, 0.15) is 6.04 Å². The lowest BCUT2D eigenvalue weighted by Gasteiger charge is -2.17. The van der Waals surface area contributed by atoms with Gasteiger partial charge < -0.3 is 14.9 Å². The van der Waals surface area contributed by atoms with E-state index in [4.69, 9.17) is 21.2 Å². The van der Waals surface area contributed by atoms with Crippen LogP contribution in [0.2, 0.25) is 5.02 Å². The molecule has 1 unspecified atom stereocenters. The third-order valence-corrected chi connectivity index (χ3v) is 3.87. The van der Waals surface area contributed by atoms with E-state index in [1.807, 2.05) is 0 Å². The normalized spacial score (nSPS) is 12.2. The second-order valence-electron chi connectivity index (χ2n) is 6.00. The molecule has 0 bridgehead atoms. The van der Waals surface area contributed by atoms with Gasteiger partial charge in [0.2, 0.25) is 17.6 Å². The highest BCUT2D eigenvalue weighted by Gasteiger charge is 2.23. The number of rotatable bonds is 8. The van der Waals surface area contributed by atoms with Gasteiger partial charge in [-0.3, -0.25) is 4.79 Å². The molecule has 1 heterocycles. The van der Waals surface area contributed by atoms with Crippen molar-refractivity contribution in [1.82, 2.24) is 15.5 Å². The predicted molar refractivity (Wildman–Crippen MR) is 92.1 cm³/mol. The molecule has 0 aliphatic rings. The molecule has 2 aromatic rings. The molecule has 1 aromatic heterocycles. The average Bonchev–Trinajstić information content (AvgIpc) is 3.01. The number of benzene rings is 1. The Morgan fingerprint density at radius 2 is 1.96 bits per heavy atom. The first-order valence-corrected chi connectivity index (χ1v) is 8.35. The van der Waals surface area contributed by atoms with Crippen LogP contribution in [-0.4, -0.2) is 33.2 Å². The first kappa shape index (κ1) is 18.9. The Morgan fingerprint density at radius 3 is 2.56 bits per heavy atom. The van der Waals surface area contributed by atoms with E-state index in [0.717, 1.165) is 5.56 Å². The van der Waals surface area contributed by atoms with Crippen LogP contribution in [0.4, 0.5) is 0 Å². The van der Waals surface area contributed by atoms with E-state index in [0.29, 0.717) is 29.6 Å². The molecule has 8 heteroatoms. The molecule has 0 aliphatic heterocycles. The van der Waals surface area contributed by atoms with Gasteiger partial charge >= 0.3 is 5.97 Å². The Balaban J connectivity index is 1.83. The third kappa shape index (κ3) is 5.56. The quantitative estimate of drug-likeness (QED) is 0.745. The second-order valence-corrected chi connectivity index (χ2v) is 6.44. The summed E-state index contributed by atoms with van der Waals surface area (Å²) in [5.74, 6) is -0.635. The van der Waals surface area contributed by atoms with Gasteiger partial charge in [0.25, 0.3) is 0 Å². The molecule has 2 rings (SSSR count). The number of amides is 1. The van der Waals surface area contributed by atoms with Gasteiger partial charge in [-0.2, -0.15) is 4.98 Å². The van der Waals surface area contributed by atoms with E-state index < -0.39 is 12.0 Å². The summed E-state index contributed by atoms with van der Waals surface area (Å²) in [5, 5.41) is 16.1. The van der Waals surface area contributed by atoms with Crippen LogP contribution in [0.25, 0.3) is 11.4 Å². The number of hydrogen-bond acceptors (Lipinski definition) is 5. The van der Waals surface area contributed by atoms with Crippen LogP contribution in [0, 0.1) is 5.92 Å². The van der Waals surface area contributed by atoms with Gasteiger partial charge in [0.15, 0.2) is 0 Å². The number of halogens is 1. The molecule has 0 fully saturated rings. The molecule has 0 saturated carbocycles. The van der Waals surface area contributed by atoms with Crippen molar-refractivity contribution in [2.45, 2.75) is 39.2 Å². The van der Waals surface area contributed by atoms with E-state index in [-0.39, 0.29) is 18.2 Å². The largest absolute Gasteiger partial charge is 0.480 e. The van der Waals surface area contributed by atoms with Crippen molar-refractivity contribution in [3.63, 3.8) is 0 Å². The summed E-state index contributed by atoms with van der Waals surface area (Å²) in [7, 11) is 0. The summed E-state index contributed by atoms with van der Waals surface area (Å²) in [6.45, 7) is 3.49. The number of nitrogens with one attached hydrogen (secondary N) is 1. The number of nitrogens with zero attached hydrogens (tertiary/aromatic N) is 2. The van der Waals surface area contributed by atoms with E-state index in [2.05, 4.69) is 15.5 Å². The van der Waals surface area contributed by atoms with Crippen LogP contribution in [0.3, 0.4) is 0 Å². The highest BCUT2D eigenvalue weighted by molar-refractivity contribution is 6.30. The van der Waals surface area contributed by atoms with E-state index in [1.54, 1.807) is 38.1 Å². The van der Waals surface area contributed by atoms with Crippen LogP contribution in [0.15, 0.2) is 28.8 Å². The molecule has 1 aromatic carbocycles. The summed E-state index contributed by atoms with van der Waals surface area (Å²) in [6.07, 6.45) is 1.11. The van der Waals surface area contributed by atoms with Crippen LogP contribution in [0.5, 0.6) is 0 Å². The SMILES string of the molecule is CC(C)C(NC(=O)CCCc1nc(-c2ccc(Cl)cc2)no1)C(=O)O. The van der Waals surface area contributed by atoms with Gasteiger partial charge in [-0.05, 0) is 36.6 Å². The summed E-state index contributed by atoms with van der Waals surface area (Å²) in [6, 6.07) is 6.19. The van der Waals surface area contributed by atoms with Crippen molar-refractivity contribution in [2.75, 3.05) is 0 Å². The standard InChI is InChI=1S/C17H20ClN3O4/c1-10(2)15(17(23)24)19-13(22)4-3-5-14-20-16(21-25-14)11-6-8-12(18)9-7-11/h6-10,15H,3-5H2,1-2H3,(H,19,22)(H,23,24). The van der Waals surface area contributed by atoms with Crippen LogP contribution in [-0.2, 0) is 16.0 Å².